The molecule has 0 spiro atoms. The van der Waals surface area contributed by atoms with E-state index in [1.807, 2.05) is 6.92 Å². The summed E-state index contributed by atoms with van der Waals surface area (Å²) in [6.07, 6.45) is 0.316. The molecule has 3 amide bonds. The van der Waals surface area contributed by atoms with Gasteiger partial charge in [-0.05, 0) is 12.3 Å². The van der Waals surface area contributed by atoms with Gasteiger partial charge in [-0.15, -0.1) is 0 Å². The molecule has 0 aliphatic carbocycles. The summed E-state index contributed by atoms with van der Waals surface area (Å²) in [6, 6.07) is -2.14. The number of primary amides is 1. The van der Waals surface area contributed by atoms with E-state index >= 15 is 0 Å². The van der Waals surface area contributed by atoms with E-state index in [1.54, 1.807) is 6.92 Å². The van der Waals surface area contributed by atoms with Gasteiger partial charge in [0.15, 0.2) is 0 Å². The molecule has 0 aliphatic heterocycles. The molecular weight excluding hydrogens is 292 g/mol. The minimum absolute atomic E-state index is 0.117. The summed E-state index contributed by atoms with van der Waals surface area (Å²) in [5.74, 6) is -3.28. The third-order valence-corrected chi connectivity index (χ3v) is 3.29. The monoisotopic (exact) mass is 316 g/mol. The molecule has 0 unspecified atom stereocenters. The van der Waals surface area contributed by atoms with Crippen LogP contribution >= 0.6 is 0 Å². The highest BCUT2D eigenvalue weighted by Gasteiger charge is 2.29. The fraction of sp³-hybridized carbons (Fsp3) is 0.692. The molecule has 0 aromatic heterocycles. The Morgan fingerprint density at radius 1 is 1.18 bits per heavy atom. The van der Waals surface area contributed by atoms with Crippen LogP contribution in [0.1, 0.15) is 33.1 Å². The van der Waals surface area contributed by atoms with E-state index < -0.39 is 35.8 Å². The molecule has 0 aromatic rings. The second-order valence-electron chi connectivity index (χ2n) is 5.04. The zero-order valence-electron chi connectivity index (χ0n) is 12.8. The standard InChI is InChI=1S/C13H24N4O5/c1-3-7(2)11(17-10(19)6-14)12(20)16-8(13(21)22)4-5-9(15)18/h7-8,11H,3-6,14H2,1-2H3,(H2,15,18)(H,16,20)(H,17,19)(H,21,22)/t7-,8-,11-/m0/s1. The second-order valence-corrected chi connectivity index (χ2v) is 5.04. The van der Waals surface area contributed by atoms with Crippen LogP contribution in [0.3, 0.4) is 0 Å². The first-order valence-electron chi connectivity index (χ1n) is 7.03. The summed E-state index contributed by atoms with van der Waals surface area (Å²) in [4.78, 5) is 45.4. The molecule has 126 valence electrons. The molecule has 3 atom stereocenters. The quantitative estimate of drug-likeness (QED) is 0.322. The zero-order valence-corrected chi connectivity index (χ0v) is 12.8. The van der Waals surface area contributed by atoms with Crippen molar-refractivity contribution < 1.29 is 24.3 Å². The second kappa shape index (κ2) is 9.72. The number of carbonyl (C=O) groups excluding carboxylic acids is 3. The highest BCUT2D eigenvalue weighted by Crippen LogP contribution is 2.09. The molecule has 9 heteroatoms. The van der Waals surface area contributed by atoms with E-state index in [2.05, 4.69) is 10.6 Å². The number of carboxylic acids is 1. The Hall–Kier alpha value is -2.16. The van der Waals surface area contributed by atoms with E-state index in [9.17, 15) is 19.2 Å². The summed E-state index contributed by atoms with van der Waals surface area (Å²) < 4.78 is 0. The van der Waals surface area contributed by atoms with Gasteiger partial charge in [-0.2, -0.15) is 0 Å². The number of rotatable bonds is 10. The van der Waals surface area contributed by atoms with Crippen LogP contribution in [0.2, 0.25) is 0 Å². The van der Waals surface area contributed by atoms with Crippen LogP contribution in [0.25, 0.3) is 0 Å². The van der Waals surface area contributed by atoms with Crippen molar-refractivity contribution in [3.05, 3.63) is 0 Å². The Bertz CT molecular complexity index is 427. The minimum Gasteiger partial charge on any atom is -0.480 e. The lowest BCUT2D eigenvalue weighted by Gasteiger charge is -2.25. The average molecular weight is 316 g/mol. The first-order chi connectivity index (χ1) is 10.2. The van der Waals surface area contributed by atoms with Gasteiger partial charge in [-0.3, -0.25) is 14.4 Å². The molecule has 0 bridgehead atoms. The van der Waals surface area contributed by atoms with Crippen molar-refractivity contribution in [2.24, 2.45) is 17.4 Å². The number of nitrogens with two attached hydrogens (primary N) is 2. The van der Waals surface area contributed by atoms with Crippen LogP contribution in [0, 0.1) is 5.92 Å². The fourth-order valence-corrected chi connectivity index (χ4v) is 1.74. The number of carbonyl (C=O) groups is 4. The van der Waals surface area contributed by atoms with Gasteiger partial charge in [0.2, 0.25) is 17.7 Å². The van der Waals surface area contributed by atoms with E-state index in [0.29, 0.717) is 6.42 Å². The van der Waals surface area contributed by atoms with Crippen molar-refractivity contribution in [2.75, 3.05) is 6.54 Å². The Morgan fingerprint density at radius 3 is 2.18 bits per heavy atom. The number of carboxylic acid groups (broad SMARTS) is 1. The Morgan fingerprint density at radius 2 is 1.77 bits per heavy atom. The predicted octanol–water partition coefficient (Wildman–Crippen LogP) is -1.69. The maximum absolute atomic E-state index is 12.2. The van der Waals surface area contributed by atoms with Crippen molar-refractivity contribution in [2.45, 2.75) is 45.2 Å². The molecule has 0 rings (SSSR count). The van der Waals surface area contributed by atoms with Crippen molar-refractivity contribution in [3.8, 4) is 0 Å². The van der Waals surface area contributed by atoms with E-state index in [-0.39, 0.29) is 25.3 Å². The topological polar surface area (TPSA) is 165 Å². The van der Waals surface area contributed by atoms with Gasteiger partial charge in [0, 0.05) is 6.42 Å². The minimum atomic E-state index is -1.28. The zero-order chi connectivity index (χ0) is 17.3. The van der Waals surface area contributed by atoms with Crippen molar-refractivity contribution >= 4 is 23.7 Å². The molecule has 0 heterocycles. The number of hydrogen-bond donors (Lipinski definition) is 5. The summed E-state index contributed by atoms with van der Waals surface area (Å²) in [5.41, 5.74) is 10.2. The molecule has 0 fully saturated rings. The highest BCUT2D eigenvalue weighted by atomic mass is 16.4. The summed E-state index contributed by atoms with van der Waals surface area (Å²) in [7, 11) is 0. The number of aliphatic carboxylic acids is 1. The van der Waals surface area contributed by atoms with Gasteiger partial charge < -0.3 is 27.2 Å². The Balaban J connectivity index is 4.91. The highest BCUT2D eigenvalue weighted by molar-refractivity contribution is 5.91. The third kappa shape index (κ3) is 7.02. The molecule has 9 nitrogen and oxygen atoms in total. The number of hydrogen-bond acceptors (Lipinski definition) is 5. The first kappa shape index (κ1) is 19.8. The Labute approximate surface area is 128 Å². The van der Waals surface area contributed by atoms with Gasteiger partial charge in [-0.1, -0.05) is 20.3 Å². The number of amides is 3. The fourth-order valence-electron chi connectivity index (χ4n) is 1.74. The van der Waals surface area contributed by atoms with Gasteiger partial charge in [0.25, 0.3) is 0 Å². The molecule has 0 radical (unpaired) electrons. The van der Waals surface area contributed by atoms with Gasteiger partial charge in [0.1, 0.15) is 12.1 Å². The smallest absolute Gasteiger partial charge is 0.326 e. The maximum Gasteiger partial charge on any atom is 0.326 e. The van der Waals surface area contributed by atoms with Crippen LogP contribution in [0.4, 0.5) is 0 Å². The first-order valence-corrected chi connectivity index (χ1v) is 7.03. The van der Waals surface area contributed by atoms with Crippen LogP contribution in [0.5, 0.6) is 0 Å². The lowest BCUT2D eigenvalue weighted by Crippen LogP contribution is -2.55. The SMILES string of the molecule is CC[C@H](C)[C@H](NC(=O)CN)C(=O)N[C@@H](CCC(N)=O)C(=O)O. The van der Waals surface area contributed by atoms with Crippen molar-refractivity contribution in [1.82, 2.24) is 10.6 Å². The molecular formula is C13H24N4O5. The van der Waals surface area contributed by atoms with E-state index in [0.717, 1.165) is 0 Å². The summed E-state index contributed by atoms with van der Waals surface area (Å²) >= 11 is 0. The molecule has 0 aliphatic rings. The normalized spacial score (nSPS) is 14.5. The molecule has 0 saturated heterocycles. The van der Waals surface area contributed by atoms with Gasteiger partial charge in [-0.25, -0.2) is 4.79 Å². The van der Waals surface area contributed by atoms with E-state index in [1.165, 1.54) is 0 Å². The van der Waals surface area contributed by atoms with Crippen LogP contribution in [-0.4, -0.2) is 47.4 Å². The van der Waals surface area contributed by atoms with Crippen LogP contribution in [0.15, 0.2) is 0 Å². The lowest BCUT2D eigenvalue weighted by atomic mass is 9.97. The maximum atomic E-state index is 12.2. The van der Waals surface area contributed by atoms with Crippen molar-refractivity contribution in [3.63, 3.8) is 0 Å². The lowest BCUT2D eigenvalue weighted by molar-refractivity contribution is -0.142. The van der Waals surface area contributed by atoms with E-state index in [4.69, 9.17) is 16.6 Å². The Kier molecular flexibility index (Phi) is 8.76. The molecule has 7 N–H and O–H groups in total. The predicted molar refractivity (Wildman–Crippen MR) is 78.4 cm³/mol. The van der Waals surface area contributed by atoms with Crippen LogP contribution < -0.4 is 22.1 Å². The summed E-state index contributed by atoms with van der Waals surface area (Å²) in [6.45, 7) is 3.31. The van der Waals surface area contributed by atoms with Gasteiger partial charge in [0.05, 0.1) is 6.54 Å². The van der Waals surface area contributed by atoms with Crippen molar-refractivity contribution in [1.29, 1.82) is 0 Å². The largest absolute Gasteiger partial charge is 0.480 e. The molecule has 22 heavy (non-hydrogen) atoms. The molecule has 0 saturated carbocycles. The molecule has 0 aromatic carbocycles. The third-order valence-electron chi connectivity index (χ3n) is 3.29. The van der Waals surface area contributed by atoms with Crippen LogP contribution in [-0.2, 0) is 19.2 Å². The number of nitrogens with one attached hydrogen (secondary N) is 2. The van der Waals surface area contributed by atoms with Gasteiger partial charge >= 0.3 is 5.97 Å². The average Bonchev–Trinajstić information content (AvgIpc) is 2.46. The summed E-state index contributed by atoms with van der Waals surface area (Å²) in [5, 5.41) is 13.8.